The summed E-state index contributed by atoms with van der Waals surface area (Å²) in [5, 5.41) is 3.25. The highest BCUT2D eigenvalue weighted by atomic mass is 35.5. The Morgan fingerprint density at radius 2 is 1.70 bits per heavy atom. The summed E-state index contributed by atoms with van der Waals surface area (Å²) in [6, 6.07) is 22.1. The summed E-state index contributed by atoms with van der Waals surface area (Å²) in [5.41, 5.74) is 3.71. The zero-order valence-corrected chi connectivity index (χ0v) is 19.9. The van der Waals surface area contributed by atoms with Gasteiger partial charge in [0.2, 0.25) is 5.91 Å². The summed E-state index contributed by atoms with van der Waals surface area (Å²) < 4.78 is 5.89. The molecule has 0 unspecified atom stereocenters. The molecule has 5 nitrogen and oxygen atoms in total. The maximum Gasteiger partial charge on any atom is 0.261 e. The van der Waals surface area contributed by atoms with Gasteiger partial charge in [0.15, 0.2) is 6.61 Å². The number of benzene rings is 3. The summed E-state index contributed by atoms with van der Waals surface area (Å²) in [7, 11) is 1.57. The first-order valence-corrected chi connectivity index (χ1v) is 11.2. The zero-order chi connectivity index (χ0) is 23.8. The molecule has 172 valence electrons. The number of halogens is 1. The largest absolute Gasteiger partial charge is 0.483 e. The third-order valence-electron chi connectivity index (χ3n) is 5.51. The zero-order valence-electron chi connectivity index (χ0n) is 19.2. The maximum atomic E-state index is 13.5. The third-order valence-corrected chi connectivity index (χ3v) is 5.88. The van der Waals surface area contributed by atoms with E-state index < -0.39 is 6.04 Å². The molecule has 0 saturated carbocycles. The van der Waals surface area contributed by atoms with Gasteiger partial charge in [0.25, 0.3) is 5.91 Å². The van der Waals surface area contributed by atoms with E-state index in [1.807, 2.05) is 80.6 Å². The number of hydrogen-bond acceptors (Lipinski definition) is 3. The van der Waals surface area contributed by atoms with Gasteiger partial charge in [0.05, 0.1) is 0 Å². The average Bonchev–Trinajstić information content (AvgIpc) is 2.83. The second-order valence-corrected chi connectivity index (χ2v) is 8.40. The number of nitrogens with one attached hydrogen (secondary N) is 1. The molecular weight excluding hydrogens is 436 g/mol. The molecule has 0 heterocycles. The van der Waals surface area contributed by atoms with Crippen LogP contribution in [0.15, 0.2) is 72.8 Å². The molecule has 0 radical (unpaired) electrons. The van der Waals surface area contributed by atoms with Crippen LogP contribution in [0.5, 0.6) is 5.75 Å². The first-order valence-electron chi connectivity index (χ1n) is 10.9. The predicted molar refractivity (Wildman–Crippen MR) is 131 cm³/mol. The lowest BCUT2D eigenvalue weighted by Gasteiger charge is -2.31. The minimum absolute atomic E-state index is 0.184. The van der Waals surface area contributed by atoms with Crippen molar-refractivity contribution in [2.75, 3.05) is 13.7 Å². The van der Waals surface area contributed by atoms with Crippen LogP contribution in [0.3, 0.4) is 0 Å². The van der Waals surface area contributed by atoms with Gasteiger partial charge in [-0.25, -0.2) is 0 Å². The van der Waals surface area contributed by atoms with Crippen LogP contribution in [-0.2, 0) is 22.6 Å². The summed E-state index contributed by atoms with van der Waals surface area (Å²) in [5.74, 6) is 0.118. The van der Waals surface area contributed by atoms with Crippen LogP contribution in [0, 0.1) is 13.8 Å². The molecule has 0 saturated heterocycles. The van der Waals surface area contributed by atoms with Crippen LogP contribution in [-0.4, -0.2) is 36.4 Å². The topological polar surface area (TPSA) is 58.6 Å². The SMILES string of the molecule is CNC(=O)[C@H](Cc1ccccc1)N(Cc1ccccc1Cl)C(=O)COc1cc(C)ccc1C. The van der Waals surface area contributed by atoms with Crippen molar-refractivity contribution >= 4 is 23.4 Å². The van der Waals surface area contributed by atoms with Crippen molar-refractivity contribution in [1.29, 1.82) is 0 Å². The second-order valence-electron chi connectivity index (χ2n) is 7.99. The highest BCUT2D eigenvalue weighted by molar-refractivity contribution is 6.31. The van der Waals surface area contributed by atoms with Gasteiger partial charge < -0.3 is 15.0 Å². The molecule has 3 aromatic rings. The van der Waals surface area contributed by atoms with Gasteiger partial charge in [-0.2, -0.15) is 0 Å². The van der Waals surface area contributed by atoms with Crippen LogP contribution < -0.4 is 10.1 Å². The fourth-order valence-corrected chi connectivity index (χ4v) is 3.81. The Hall–Kier alpha value is -3.31. The van der Waals surface area contributed by atoms with E-state index in [9.17, 15) is 9.59 Å². The summed E-state index contributed by atoms with van der Waals surface area (Å²) in [6.45, 7) is 3.92. The number of carbonyl (C=O) groups is 2. The quantitative estimate of drug-likeness (QED) is 0.498. The van der Waals surface area contributed by atoms with E-state index in [2.05, 4.69) is 5.32 Å². The van der Waals surface area contributed by atoms with Crippen molar-refractivity contribution < 1.29 is 14.3 Å². The van der Waals surface area contributed by atoms with Crippen molar-refractivity contribution in [1.82, 2.24) is 10.2 Å². The summed E-state index contributed by atoms with van der Waals surface area (Å²) in [6.07, 6.45) is 0.375. The molecule has 1 N–H and O–H groups in total. The summed E-state index contributed by atoms with van der Waals surface area (Å²) >= 11 is 6.39. The van der Waals surface area contributed by atoms with E-state index in [1.54, 1.807) is 18.0 Å². The number of nitrogens with zero attached hydrogens (tertiary/aromatic N) is 1. The van der Waals surface area contributed by atoms with Gasteiger partial charge in [-0.15, -0.1) is 0 Å². The molecule has 0 fully saturated rings. The van der Waals surface area contributed by atoms with E-state index in [0.29, 0.717) is 17.2 Å². The number of ether oxygens (including phenoxy) is 1. The van der Waals surface area contributed by atoms with Crippen LogP contribution in [0.4, 0.5) is 0 Å². The molecule has 3 rings (SSSR count). The molecule has 0 aliphatic heterocycles. The van der Waals surface area contributed by atoms with E-state index in [1.165, 1.54) is 0 Å². The van der Waals surface area contributed by atoms with Crippen molar-refractivity contribution in [2.45, 2.75) is 32.9 Å². The van der Waals surface area contributed by atoms with Gasteiger partial charge in [-0.3, -0.25) is 9.59 Å². The number of rotatable bonds is 9. The lowest BCUT2D eigenvalue weighted by Crippen LogP contribution is -2.51. The van der Waals surface area contributed by atoms with Crippen LogP contribution in [0.25, 0.3) is 0 Å². The van der Waals surface area contributed by atoms with Gasteiger partial charge in [0.1, 0.15) is 11.8 Å². The average molecular weight is 465 g/mol. The lowest BCUT2D eigenvalue weighted by molar-refractivity contribution is -0.142. The van der Waals surface area contributed by atoms with Gasteiger partial charge in [-0.1, -0.05) is 72.3 Å². The van der Waals surface area contributed by atoms with Gasteiger partial charge in [-0.05, 0) is 48.2 Å². The molecule has 6 heteroatoms. The van der Waals surface area contributed by atoms with Gasteiger partial charge in [0, 0.05) is 25.0 Å². The Balaban J connectivity index is 1.90. The number of aryl methyl sites for hydroxylation is 2. The highest BCUT2D eigenvalue weighted by Gasteiger charge is 2.30. The number of likely N-dealkylation sites (N-methyl/N-ethyl adjacent to an activating group) is 1. The number of carbonyl (C=O) groups excluding carboxylic acids is 2. The van der Waals surface area contributed by atoms with Crippen LogP contribution in [0.1, 0.15) is 22.3 Å². The van der Waals surface area contributed by atoms with E-state index in [0.717, 1.165) is 22.3 Å². The van der Waals surface area contributed by atoms with Crippen LogP contribution >= 0.6 is 11.6 Å². The Bertz CT molecular complexity index is 1100. The first kappa shape index (κ1) is 24.3. The second kappa shape index (κ2) is 11.5. The van der Waals surface area contributed by atoms with Crippen molar-refractivity contribution in [2.24, 2.45) is 0 Å². The summed E-state index contributed by atoms with van der Waals surface area (Å²) in [4.78, 5) is 27.9. The minimum Gasteiger partial charge on any atom is -0.483 e. The predicted octanol–water partition coefficient (Wildman–Crippen LogP) is 4.72. The van der Waals surface area contributed by atoms with E-state index >= 15 is 0 Å². The molecular formula is C27H29ClN2O3. The monoisotopic (exact) mass is 464 g/mol. The molecule has 2 amide bonds. The Morgan fingerprint density at radius 3 is 2.39 bits per heavy atom. The molecule has 1 atom stereocenters. The fraction of sp³-hybridized carbons (Fsp3) is 0.259. The lowest BCUT2D eigenvalue weighted by atomic mass is 10.0. The molecule has 0 bridgehead atoms. The highest BCUT2D eigenvalue weighted by Crippen LogP contribution is 2.22. The normalized spacial score (nSPS) is 11.5. The standard InChI is InChI=1S/C27H29ClN2O3/c1-19-13-14-20(2)25(15-19)33-18-26(31)30(17-22-11-7-8-12-23(22)28)24(27(32)29-3)16-21-9-5-4-6-10-21/h4-15,24H,16-18H2,1-3H3,(H,29,32)/t24-/m0/s1. The van der Waals surface area contributed by atoms with Crippen molar-refractivity contribution in [3.05, 3.63) is 100 Å². The van der Waals surface area contributed by atoms with Crippen molar-refractivity contribution in [3.63, 3.8) is 0 Å². The molecule has 0 aliphatic carbocycles. The Morgan fingerprint density at radius 1 is 1.00 bits per heavy atom. The molecule has 3 aromatic carbocycles. The first-order chi connectivity index (χ1) is 15.9. The van der Waals surface area contributed by atoms with Crippen molar-refractivity contribution in [3.8, 4) is 5.75 Å². The molecule has 33 heavy (non-hydrogen) atoms. The van der Waals surface area contributed by atoms with Crippen LogP contribution in [0.2, 0.25) is 5.02 Å². The molecule has 0 aromatic heterocycles. The Kier molecular flexibility index (Phi) is 8.50. The number of hydrogen-bond donors (Lipinski definition) is 1. The van der Waals surface area contributed by atoms with Gasteiger partial charge >= 0.3 is 0 Å². The molecule has 0 spiro atoms. The Labute approximate surface area is 200 Å². The van der Waals surface area contributed by atoms with E-state index in [4.69, 9.17) is 16.3 Å². The smallest absolute Gasteiger partial charge is 0.261 e. The van der Waals surface area contributed by atoms with E-state index in [-0.39, 0.29) is 25.0 Å². The minimum atomic E-state index is -0.719. The number of amides is 2. The fourth-order valence-electron chi connectivity index (χ4n) is 3.62. The third kappa shape index (κ3) is 6.59. The maximum absolute atomic E-state index is 13.5. The molecule has 0 aliphatic rings.